The number of rotatable bonds is 6. The molecule has 0 unspecified atom stereocenters. The van der Waals surface area contributed by atoms with Gasteiger partial charge in [0.25, 0.3) is 0 Å². The number of nitrogens with one attached hydrogen (secondary N) is 2. The number of esters is 1. The summed E-state index contributed by atoms with van der Waals surface area (Å²) in [5, 5.41) is 6.56. The van der Waals surface area contributed by atoms with Gasteiger partial charge in [-0.15, -0.1) is 0 Å². The number of carbonyl (C=O) groups is 2. The van der Waals surface area contributed by atoms with E-state index in [4.69, 9.17) is 11.6 Å². The molecule has 0 bridgehead atoms. The van der Waals surface area contributed by atoms with Crippen LogP contribution in [0.4, 0.5) is 11.4 Å². The van der Waals surface area contributed by atoms with Gasteiger partial charge in [-0.2, -0.15) is 0 Å². The van der Waals surface area contributed by atoms with Crippen LogP contribution < -0.4 is 10.6 Å². The van der Waals surface area contributed by atoms with Gasteiger partial charge in [0.05, 0.1) is 12.7 Å². The lowest BCUT2D eigenvalue weighted by molar-refractivity contribution is -0.115. The SMILES string of the molecule is COC(=O)c1ccc(NCCC(=O)Nc2cc(Cl)ccc2C)cc1. The van der Waals surface area contributed by atoms with E-state index in [0.717, 1.165) is 16.9 Å². The Kier molecular flexibility index (Phi) is 6.21. The molecule has 0 atom stereocenters. The van der Waals surface area contributed by atoms with E-state index in [2.05, 4.69) is 15.4 Å². The molecular formula is C18H19ClN2O3. The molecule has 0 spiro atoms. The zero-order valence-electron chi connectivity index (χ0n) is 13.6. The monoisotopic (exact) mass is 346 g/mol. The van der Waals surface area contributed by atoms with Gasteiger partial charge < -0.3 is 15.4 Å². The van der Waals surface area contributed by atoms with Gasteiger partial charge in [-0.25, -0.2) is 4.79 Å². The molecule has 1 amide bonds. The summed E-state index contributed by atoms with van der Waals surface area (Å²) in [7, 11) is 1.34. The maximum Gasteiger partial charge on any atom is 0.337 e. The Morgan fingerprint density at radius 1 is 1.12 bits per heavy atom. The molecule has 0 aliphatic carbocycles. The normalized spacial score (nSPS) is 10.1. The highest BCUT2D eigenvalue weighted by Crippen LogP contribution is 2.20. The molecule has 126 valence electrons. The Balaban J connectivity index is 1.82. The Hall–Kier alpha value is -2.53. The van der Waals surface area contributed by atoms with Gasteiger partial charge in [0.2, 0.25) is 5.91 Å². The van der Waals surface area contributed by atoms with Crippen LogP contribution in [-0.4, -0.2) is 25.5 Å². The van der Waals surface area contributed by atoms with Crippen LogP contribution in [0.1, 0.15) is 22.3 Å². The minimum Gasteiger partial charge on any atom is -0.465 e. The largest absolute Gasteiger partial charge is 0.465 e. The van der Waals surface area contributed by atoms with E-state index in [9.17, 15) is 9.59 Å². The van der Waals surface area contributed by atoms with E-state index in [0.29, 0.717) is 23.6 Å². The number of halogens is 1. The van der Waals surface area contributed by atoms with E-state index < -0.39 is 0 Å². The Bertz CT molecular complexity index is 730. The van der Waals surface area contributed by atoms with Crippen LogP contribution in [0.3, 0.4) is 0 Å². The topological polar surface area (TPSA) is 67.4 Å². The second kappa shape index (κ2) is 8.36. The second-order valence-corrected chi connectivity index (χ2v) is 5.69. The summed E-state index contributed by atoms with van der Waals surface area (Å²) >= 11 is 5.93. The smallest absolute Gasteiger partial charge is 0.337 e. The van der Waals surface area contributed by atoms with Crippen LogP contribution in [0, 0.1) is 6.92 Å². The van der Waals surface area contributed by atoms with Crippen molar-refractivity contribution in [3.8, 4) is 0 Å². The van der Waals surface area contributed by atoms with Crippen LogP contribution in [0.2, 0.25) is 5.02 Å². The van der Waals surface area contributed by atoms with E-state index in [-0.39, 0.29) is 11.9 Å². The van der Waals surface area contributed by atoms with Crippen molar-refractivity contribution < 1.29 is 14.3 Å². The molecular weight excluding hydrogens is 328 g/mol. The average Bonchev–Trinajstić information content (AvgIpc) is 2.58. The lowest BCUT2D eigenvalue weighted by atomic mass is 10.2. The second-order valence-electron chi connectivity index (χ2n) is 5.25. The van der Waals surface area contributed by atoms with Crippen molar-refractivity contribution in [2.75, 3.05) is 24.3 Å². The van der Waals surface area contributed by atoms with E-state index in [1.165, 1.54) is 7.11 Å². The number of anilines is 2. The Labute approximate surface area is 146 Å². The zero-order chi connectivity index (χ0) is 17.5. The third-order valence-electron chi connectivity index (χ3n) is 3.46. The predicted molar refractivity (Wildman–Crippen MR) is 95.7 cm³/mol. The van der Waals surface area contributed by atoms with Crippen molar-refractivity contribution in [2.24, 2.45) is 0 Å². The van der Waals surface area contributed by atoms with Crippen LogP contribution in [-0.2, 0) is 9.53 Å². The first-order valence-electron chi connectivity index (χ1n) is 7.48. The van der Waals surface area contributed by atoms with Gasteiger partial charge in [0.1, 0.15) is 0 Å². The number of amides is 1. The maximum atomic E-state index is 12.0. The molecule has 0 saturated heterocycles. The van der Waals surface area contributed by atoms with Crippen LogP contribution in [0.25, 0.3) is 0 Å². The first-order chi connectivity index (χ1) is 11.5. The highest BCUT2D eigenvalue weighted by molar-refractivity contribution is 6.31. The summed E-state index contributed by atoms with van der Waals surface area (Å²) in [6, 6.07) is 12.3. The Morgan fingerprint density at radius 3 is 2.50 bits per heavy atom. The number of methoxy groups -OCH3 is 1. The summed E-state index contributed by atoms with van der Waals surface area (Å²) in [5.41, 5.74) is 2.99. The van der Waals surface area contributed by atoms with Gasteiger partial charge in [0.15, 0.2) is 0 Å². The standard InChI is InChI=1S/C18H19ClN2O3/c1-12-3-6-14(19)11-16(12)21-17(22)9-10-20-15-7-4-13(5-8-15)18(23)24-2/h3-8,11,20H,9-10H2,1-2H3,(H,21,22). The molecule has 0 aliphatic heterocycles. The molecule has 2 N–H and O–H groups in total. The maximum absolute atomic E-state index is 12.0. The molecule has 2 rings (SSSR count). The number of aryl methyl sites for hydroxylation is 1. The van der Waals surface area contributed by atoms with Gasteiger partial charge in [-0.3, -0.25) is 4.79 Å². The first kappa shape index (κ1) is 17.8. The minimum absolute atomic E-state index is 0.0981. The van der Waals surface area contributed by atoms with E-state index >= 15 is 0 Å². The van der Waals surface area contributed by atoms with Gasteiger partial charge >= 0.3 is 5.97 Å². The average molecular weight is 347 g/mol. The molecule has 0 saturated carbocycles. The van der Waals surface area contributed by atoms with Crippen molar-refractivity contribution in [1.29, 1.82) is 0 Å². The molecule has 0 heterocycles. The fourth-order valence-corrected chi connectivity index (χ4v) is 2.28. The molecule has 0 radical (unpaired) electrons. The van der Waals surface area contributed by atoms with Gasteiger partial charge in [-0.1, -0.05) is 17.7 Å². The minimum atomic E-state index is -0.377. The number of ether oxygens (including phenoxy) is 1. The lowest BCUT2D eigenvalue weighted by Crippen LogP contribution is -2.16. The fraction of sp³-hybridized carbons (Fsp3) is 0.222. The quantitative estimate of drug-likeness (QED) is 0.779. The number of carbonyl (C=O) groups excluding carboxylic acids is 2. The lowest BCUT2D eigenvalue weighted by Gasteiger charge is -2.10. The number of hydrogen-bond donors (Lipinski definition) is 2. The van der Waals surface area contributed by atoms with E-state index in [1.807, 2.05) is 13.0 Å². The number of benzene rings is 2. The molecule has 6 heteroatoms. The van der Waals surface area contributed by atoms with Gasteiger partial charge in [-0.05, 0) is 48.9 Å². The van der Waals surface area contributed by atoms with Crippen LogP contribution in [0.5, 0.6) is 0 Å². The molecule has 5 nitrogen and oxygen atoms in total. The predicted octanol–water partition coefficient (Wildman–Crippen LogP) is 3.88. The zero-order valence-corrected chi connectivity index (χ0v) is 14.3. The summed E-state index contributed by atoms with van der Waals surface area (Å²) in [6.07, 6.45) is 0.310. The molecule has 24 heavy (non-hydrogen) atoms. The molecule has 2 aromatic carbocycles. The fourth-order valence-electron chi connectivity index (χ4n) is 2.10. The molecule has 0 fully saturated rings. The van der Waals surface area contributed by atoms with Crippen LogP contribution in [0.15, 0.2) is 42.5 Å². The summed E-state index contributed by atoms with van der Waals surface area (Å²) in [6.45, 7) is 2.38. The third-order valence-corrected chi connectivity index (χ3v) is 3.70. The van der Waals surface area contributed by atoms with Gasteiger partial charge in [0, 0.05) is 29.4 Å². The summed E-state index contributed by atoms with van der Waals surface area (Å²) in [4.78, 5) is 23.3. The van der Waals surface area contributed by atoms with Crippen molar-refractivity contribution in [1.82, 2.24) is 0 Å². The van der Waals surface area contributed by atoms with Crippen molar-refractivity contribution in [3.05, 3.63) is 58.6 Å². The van der Waals surface area contributed by atoms with E-state index in [1.54, 1.807) is 36.4 Å². The first-order valence-corrected chi connectivity index (χ1v) is 7.85. The molecule has 0 aliphatic rings. The highest BCUT2D eigenvalue weighted by atomic mass is 35.5. The Morgan fingerprint density at radius 2 is 1.83 bits per heavy atom. The highest BCUT2D eigenvalue weighted by Gasteiger charge is 2.06. The summed E-state index contributed by atoms with van der Waals surface area (Å²) in [5.74, 6) is -0.475. The third kappa shape index (κ3) is 4.99. The van der Waals surface area contributed by atoms with Crippen molar-refractivity contribution >= 4 is 34.9 Å². The van der Waals surface area contributed by atoms with Crippen molar-refractivity contribution in [3.63, 3.8) is 0 Å². The number of hydrogen-bond acceptors (Lipinski definition) is 4. The van der Waals surface area contributed by atoms with Crippen molar-refractivity contribution in [2.45, 2.75) is 13.3 Å². The van der Waals surface area contributed by atoms with Crippen LogP contribution >= 0.6 is 11.6 Å². The molecule has 0 aromatic heterocycles. The molecule has 2 aromatic rings. The summed E-state index contributed by atoms with van der Waals surface area (Å²) < 4.78 is 4.64.